The number of aliphatic hydroxyl groups is 1. The van der Waals surface area contributed by atoms with Crippen molar-refractivity contribution in [2.24, 2.45) is 0 Å². The Hall–Kier alpha value is -1.61. The molecule has 0 amide bonds. The smallest absolute Gasteiger partial charge is 0.316 e. The molecule has 0 unspecified atom stereocenters. The highest BCUT2D eigenvalue weighted by Gasteiger charge is 2.33. The minimum absolute atomic E-state index is 0. The highest BCUT2D eigenvalue weighted by molar-refractivity contribution is 5.75. The fourth-order valence-electron chi connectivity index (χ4n) is 2.54. The number of hydrogen-bond donors (Lipinski definition) is 1. The monoisotopic (exact) mass is 286 g/mol. The fourth-order valence-corrected chi connectivity index (χ4v) is 2.54. The molecule has 1 N–H and O–H groups in total. The van der Waals surface area contributed by atoms with Gasteiger partial charge in [0.1, 0.15) is 5.60 Å². The van der Waals surface area contributed by atoms with Crippen molar-refractivity contribution in [2.75, 3.05) is 0 Å². The van der Waals surface area contributed by atoms with Crippen molar-refractivity contribution >= 4 is 23.1 Å². The third-order valence-electron chi connectivity index (χ3n) is 3.57. The molecule has 2 heteroatoms. The van der Waals surface area contributed by atoms with Crippen molar-refractivity contribution in [3.8, 4) is 0 Å². The molecule has 0 spiro atoms. The van der Waals surface area contributed by atoms with Gasteiger partial charge in [-0.15, -0.1) is 0 Å². The van der Waals surface area contributed by atoms with Crippen LogP contribution >= 0.6 is 0 Å². The van der Waals surface area contributed by atoms with Gasteiger partial charge in [-0.25, -0.2) is 0 Å². The summed E-state index contributed by atoms with van der Waals surface area (Å²) in [5, 5.41) is 11.4. The van der Waals surface area contributed by atoms with E-state index in [1.54, 1.807) is 0 Å². The Kier molecular flexibility index (Phi) is 5.18. The van der Waals surface area contributed by atoms with E-state index in [-0.39, 0.29) is 23.1 Å². The predicted octanol–water partition coefficient (Wildman–Crippen LogP) is 3.05. The third kappa shape index (κ3) is 3.03. The predicted molar refractivity (Wildman–Crippen MR) is 90.0 cm³/mol. The van der Waals surface area contributed by atoms with Gasteiger partial charge in [0.15, 0.2) is 0 Å². The topological polar surface area (TPSA) is 20.2 Å². The van der Waals surface area contributed by atoms with Crippen LogP contribution in [-0.2, 0) is 5.60 Å². The average Bonchev–Trinajstić information content (AvgIpc) is 2.56. The van der Waals surface area contributed by atoms with Gasteiger partial charge < -0.3 is 5.11 Å². The normalized spacial score (nSPS) is 10.7. The summed E-state index contributed by atoms with van der Waals surface area (Å²) in [5.41, 5.74) is 1.50. The molecule has 0 aliphatic carbocycles. The summed E-state index contributed by atoms with van der Waals surface area (Å²) in [4.78, 5) is 0. The minimum Gasteiger partial charge on any atom is -0.376 e. The number of hydrogen-bond acceptors (Lipinski definition) is 1. The van der Waals surface area contributed by atoms with Crippen LogP contribution in [0.3, 0.4) is 0 Å². The van der Waals surface area contributed by atoms with Gasteiger partial charge in [0.25, 0.3) is 0 Å². The maximum absolute atomic E-state index is 11.4. The number of benzene rings is 3. The van der Waals surface area contributed by atoms with Crippen LogP contribution in [-0.4, -0.2) is 28.2 Å². The van der Waals surface area contributed by atoms with E-state index in [0.29, 0.717) is 0 Å². The van der Waals surface area contributed by atoms with E-state index in [4.69, 9.17) is 0 Å². The second kappa shape index (κ2) is 6.90. The van der Waals surface area contributed by atoms with Gasteiger partial charge in [-0.1, -0.05) is 91.0 Å². The lowest BCUT2D eigenvalue weighted by molar-refractivity contribution is 0.125. The Morgan fingerprint density at radius 2 is 0.714 bits per heavy atom. The average molecular weight is 287 g/mol. The largest absolute Gasteiger partial charge is 0.376 e. The van der Waals surface area contributed by atoms with Crippen LogP contribution in [0.15, 0.2) is 91.0 Å². The standard InChI is InChI=1S/C19H16O.Mg.2H/c20-19(16-10-4-1-5-11-16,17-12-6-2-7-13-17)18-14-8-3-9-15-18;;;/h1-15,20H;;;. The van der Waals surface area contributed by atoms with E-state index < -0.39 is 5.60 Å². The van der Waals surface area contributed by atoms with E-state index in [1.165, 1.54) is 0 Å². The van der Waals surface area contributed by atoms with Gasteiger partial charge in [-0.3, -0.25) is 0 Å². The van der Waals surface area contributed by atoms with Gasteiger partial charge in [-0.05, 0) is 16.7 Å². The molecule has 3 aromatic rings. The van der Waals surface area contributed by atoms with E-state index in [9.17, 15) is 5.11 Å². The zero-order chi connectivity index (χ0) is 13.8. The van der Waals surface area contributed by atoms with Crippen molar-refractivity contribution < 1.29 is 5.11 Å². The van der Waals surface area contributed by atoms with Crippen molar-refractivity contribution in [1.82, 2.24) is 0 Å². The van der Waals surface area contributed by atoms with E-state index in [2.05, 4.69) is 0 Å². The lowest BCUT2D eigenvalue weighted by Crippen LogP contribution is -2.28. The first-order chi connectivity index (χ1) is 9.82. The third-order valence-corrected chi connectivity index (χ3v) is 3.57. The molecule has 0 radical (unpaired) electrons. The molecule has 0 bridgehead atoms. The van der Waals surface area contributed by atoms with Crippen molar-refractivity contribution in [2.45, 2.75) is 5.60 Å². The summed E-state index contributed by atoms with van der Waals surface area (Å²) in [6, 6.07) is 29.3. The van der Waals surface area contributed by atoms with Crippen LogP contribution in [0.5, 0.6) is 0 Å². The van der Waals surface area contributed by atoms with Crippen molar-refractivity contribution in [1.29, 1.82) is 0 Å². The zero-order valence-electron chi connectivity index (χ0n) is 11.1. The summed E-state index contributed by atoms with van der Waals surface area (Å²) < 4.78 is 0. The maximum atomic E-state index is 11.4. The van der Waals surface area contributed by atoms with Crippen molar-refractivity contribution in [3.63, 3.8) is 0 Å². The summed E-state index contributed by atoms with van der Waals surface area (Å²) in [6.07, 6.45) is 0. The molecular formula is C19H18MgO. The molecular weight excluding hydrogens is 269 g/mol. The van der Waals surface area contributed by atoms with Gasteiger partial charge >= 0.3 is 23.1 Å². The molecule has 0 fully saturated rings. The molecule has 102 valence electrons. The molecule has 0 saturated heterocycles. The quantitative estimate of drug-likeness (QED) is 0.579. The zero-order valence-corrected chi connectivity index (χ0v) is 11.1. The Labute approximate surface area is 141 Å². The van der Waals surface area contributed by atoms with Gasteiger partial charge in [-0.2, -0.15) is 0 Å². The Balaban J connectivity index is 0.00000161. The minimum atomic E-state index is -1.12. The summed E-state index contributed by atoms with van der Waals surface area (Å²) >= 11 is 0. The molecule has 1 nitrogen and oxygen atoms in total. The second-order valence-corrected chi connectivity index (χ2v) is 4.81. The molecule has 0 heterocycles. The molecule has 0 aromatic heterocycles. The lowest BCUT2D eigenvalue weighted by Gasteiger charge is -2.30. The summed E-state index contributed by atoms with van der Waals surface area (Å²) in [7, 11) is 0. The molecule has 0 saturated carbocycles. The summed E-state index contributed by atoms with van der Waals surface area (Å²) in [5.74, 6) is 0. The summed E-state index contributed by atoms with van der Waals surface area (Å²) in [6.45, 7) is 0. The van der Waals surface area contributed by atoms with Crippen LogP contribution in [0.1, 0.15) is 16.7 Å². The van der Waals surface area contributed by atoms with E-state index in [1.807, 2.05) is 91.0 Å². The molecule has 21 heavy (non-hydrogen) atoms. The SMILES string of the molecule is OC(c1ccccc1)(c1ccccc1)c1ccccc1.[MgH2]. The Morgan fingerprint density at radius 3 is 0.952 bits per heavy atom. The van der Waals surface area contributed by atoms with E-state index >= 15 is 0 Å². The Bertz CT molecular complexity index is 569. The molecule has 0 aliphatic heterocycles. The van der Waals surface area contributed by atoms with Crippen LogP contribution in [0.25, 0.3) is 0 Å². The van der Waals surface area contributed by atoms with Gasteiger partial charge in [0.05, 0.1) is 0 Å². The molecule has 3 aromatic carbocycles. The first kappa shape index (κ1) is 15.8. The van der Waals surface area contributed by atoms with Gasteiger partial charge in [0, 0.05) is 0 Å². The van der Waals surface area contributed by atoms with Crippen LogP contribution in [0, 0.1) is 0 Å². The highest BCUT2D eigenvalue weighted by atomic mass is 24.3. The van der Waals surface area contributed by atoms with Crippen LogP contribution < -0.4 is 0 Å². The van der Waals surface area contributed by atoms with Crippen LogP contribution in [0.2, 0.25) is 0 Å². The lowest BCUT2D eigenvalue weighted by atomic mass is 9.80. The van der Waals surface area contributed by atoms with Gasteiger partial charge in [0.2, 0.25) is 0 Å². The maximum Gasteiger partial charge on any atom is 0.316 e. The second-order valence-electron chi connectivity index (χ2n) is 4.81. The molecule has 0 aliphatic rings. The first-order valence-electron chi connectivity index (χ1n) is 6.71. The van der Waals surface area contributed by atoms with E-state index in [0.717, 1.165) is 16.7 Å². The molecule has 3 rings (SSSR count). The molecule has 0 atom stereocenters. The number of rotatable bonds is 3. The van der Waals surface area contributed by atoms with Crippen molar-refractivity contribution in [3.05, 3.63) is 108 Å². The van der Waals surface area contributed by atoms with Crippen LogP contribution in [0.4, 0.5) is 0 Å². The highest BCUT2D eigenvalue weighted by Crippen LogP contribution is 2.36. The Morgan fingerprint density at radius 1 is 0.476 bits per heavy atom. The first-order valence-corrected chi connectivity index (χ1v) is 6.71. The fraction of sp³-hybridized carbons (Fsp3) is 0.0526.